The lowest BCUT2D eigenvalue weighted by atomic mass is 9.52. The first-order valence-corrected chi connectivity index (χ1v) is 9.01. The standard InChI is InChI=1S/C21H34N2O2/c1-18(2,3)21(19(4,5)6)13-23(20(7,8)9)16-11-10-14(12-15(16)21)25-17(22)24/h10-12H,13H2,1-9H3,(H2,22,24). The topological polar surface area (TPSA) is 55.6 Å². The number of nitrogens with two attached hydrogens (primary N) is 1. The van der Waals surface area contributed by atoms with Gasteiger partial charge in [-0.15, -0.1) is 0 Å². The van der Waals surface area contributed by atoms with Gasteiger partial charge in [0, 0.05) is 23.2 Å². The van der Waals surface area contributed by atoms with Crippen molar-refractivity contribution in [2.45, 2.75) is 73.3 Å². The Labute approximate surface area is 152 Å². The van der Waals surface area contributed by atoms with Crippen molar-refractivity contribution in [2.24, 2.45) is 16.6 Å². The fourth-order valence-electron chi connectivity index (χ4n) is 4.69. The molecule has 0 saturated heterocycles. The molecule has 0 saturated carbocycles. The van der Waals surface area contributed by atoms with Crippen LogP contribution in [0.3, 0.4) is 0 Å². The zero-order valence-corrected chi connectivity index (χ0v) is 17.3. The van der Waals surface area contributed by atoms with E-state index in [4.69, 9.17) is 10.5 Å². The fraction of sp³-hybridized carbons (Fsp3) is 0.667. The SMILES string of the molecule is CC(C)(C)N1CC(C(C)(C)C)(C(C)(C)C)c2cc(OC(N)=O)ccc21. The van der Waals surface area contributed by atoms with Crippen molar-refractivity contribution < 1.29 is 9.53 Å². The summed E-state index contributed by atoms with van der Waals surface area (Å²) >= 11 is 0. The predicted octanol–water partition coefficient (Wildman–Crippen LogP) is 5.09. The van der Waals surface area contributed by atoms with Crippen LogP contribution in [0.2, 0.25) is 0 Å². The van der Waals surface area contributed by atoms with Crippen LogP contribution < -0.4 is 15.4 Å². The third kappa shape index (κ3) is 3.11. The Balaban J connectivity index is 2.79. The molecule has 1 aliphatic heterocycles. The van der Waals surface area contributed by atoms with Crippen molar-refractivity contribution in [1.82, 2.24) is 0 Å². The Bertz CT molecular complexity index is 659. The molecule has 2 N–H and O–H groups in total. The molecule has 0 fully saturated rings. The molecule has 2 rings (SSSR count). The number of ether oxygens (including phenoxy) is 1. The maximum Gasteiger partial charge on any atom is 0.409 e. The van der Waals surface area contributed by atoms with Gasteiger partial charge in [0.25, 0.3) is 0 Å². The minimum absolute atomic E-state index is 0.000932. The van der Waals surface area contributed by atoms with Crippen LogP contribution in [0.15, 0.2) is 18.2 Å². The van der Waals surface area contributed by atoms with E-state index in [0.717, 1.165) is 6.54 Å². The van der Waals surface area contributed by atoms with Gasteiger partial charge < -0.3 is 15.4 Å². The van der Waals surface area contributed by atoms with E-state index in [1.807, 2.05) is 12.1 Å². The predicted molar refractivity (Wildman–Crippen MR) is 104 cm³/mol. The minimum atomic E-state index is -0.775. The molecule has 0 spiro atoms. The molecule has 1 aromatic carbocycles. The van der Waals surface area contributed by atoms with Crippen LogP contribution in [-0.4, -0.2) is 18.2 Å². The maximum absolute atomic E-state index is 11.2. The lowest BCUT2D eigenvalue weighted by Gasteiger charge is -2.52. The van der Waals surface area contributed by atoms with Gasteiger partial charge in [-0.2, -0.15) is 0 Å². The molecule has 0 bridgehead atoms. The third-order valence-corrected chi connectivity index (χ3v) is 5.70. The highest BCUT2D eigenvalue weighted by Crippen LogP contribution is 2.61. The summed E-state index contributed by atoms with van der Waals surface area (Å²) in [7, 11) is 0. The van der Waals surface area contributed by atoms with Gasteiger partial charge in [-0.25, -0.2) is 4.79 Å². The van der Waals surface area contributed by atoms with Gasteiger partial charge in [0.05, 0.1) is 0 Å². The largest absolute Gasteiger partial charge is 0.410 e. The summed E-state index contributed by atoms with van der Waals surface area (Å²) < 4.78 is 5.20. The van der Waals surface area contributed by atoms with Gasteiger partial charge in [-0.3, -0.25) is 0 Å². The number of hydrogen-bond donors (Lipinski definition) is 1. The molecule has 140 valence electrons. The number of fused-ring (bicyclic) bond motifs is 1. The molecular formula is C21H34N2O2. The highest BCUT2D eigenvalue weighted by atomic mass is 16.5. The van der Waals surface area contributed by atoms with E-state index in [-0.39, 0.29) is 21.8 Å². The molecule has 1 heterocycles. The van der Waals surface area contributed by atoms with Gasteiger partial charge >= 0.3 is 6.09 Å². The molecule has 25 heavy (non-hydrogen) atoms. The Morgan fingerprint density at radius 1 is 1.04 bits per heavy atom. The van der Waals surface area contributed by atoms with Crippen molar-refractivity contribution >= 4 is 11.8 Å². The second-order valence-corrected chi connectivity index (χ2v) is 10.3. The highest BCUT2D eigenvalue weighted by molar-refractivity contribution is 5.71. The van der Waals surface area contributed by atoms with Gasteiger partial charge in [-0.1, -0.05) is 41.5 Å². The first-order chi connectivity index (χ1) is 11.1. The summed E-state index contributed by atoms with van der Waals surface area (Å²) in [4.78, 5) is 13.7. The van der Waals surface area contributed by atoms with E-state index in [1.165, 1.54) is 11.3 Å². The van der Waals surface area contributed by atoms with Crippen molar-refractivity contribution in [3.63, 3.8) is 0 Å². The molecule has 0 aromatic heterocycles. The third-order valence-electron chi connectivity index (χ3n) is 5.70. The first kappa shape index (κ1) is 19.6. The Kier molecular flexibility index (Phi) is 4.43. The van der Waals surface area contributed by atoms with E-state index in [1.54, 1.807) is 0 Å². The first-order valence-electron chi connectivity index (χ1n) is 9.01. The average Bonchev–Trinajstić information content (AvgIpc) is 2.72. The zero-order chi connectivity index (χ0) is 19.4. The maximum atomic E-state index is 11.2. The molecule has 4 heteroatoms. The number of amides is 1. The van der Waals surface area contributed by atoms with Crippen LogP contribution in [0, 0.1) is 10.8 Å². The van der Waals surface area contributed by atoms with Crippen molar-refractivity contribution in [1.29, 1.82) is 0 Å². The normalized spacial score (nSPS) is 17.4. The van der Waals surface area contributed by atoms with Crippen LogP contribution in [0.1, 0.15) is 67.9 Å². The summed E-state index contributed by atoms with van der Waals surface area (Å²) in [5, 5.41) is 0. The number of anilines is 1. The number of rotatable bonds is 1. The minimum Gasteiger partial charge on any atom is -0.410 e. The Morgan fingerprint density at radius 3 is 1.96 bits per heavy atom. The smallest absolute Gasteiger partial charge is 0.409 e. The van der Waals surface area contributed by atoms with Crippen molar-refractivity contribution in [3.8, 4) is 5.75 Å². The Morgan fingerprint density at radius 2 is 1.56 bits per heavy atom. The van der Waals surface area contributed by atoms with Crippen LogP contribution in [0.25, 0.3) is 0 Å². The van der Waals surface area contributed by atoms with E-state index < -0.39 is 6.09 Å². The summed E-state index contributed by atoms with van der Waals surface area (Å²) in [6.07, 6.45) is -0.775. The van der Waals surface area contributed by atoms with E-state index in [9.17, 15) is 4.79 Å². The van der Waals surface area contributed by atoms with E-state index in [2.05, 4.69) is 73.3 Å². The summed E-state index contributed by atoms with van der Waals surface area (Å²) in [6.45, 7) is 21.5. The molecule has 4 nitrogen and oxygen atoms in total. The summed E-state index contributed by atoms with van der Waals surface area (Å²) in [6, 6.07) is 5.92. The highest BCUT2D eigenvalue weighted by Gasteiger charge is 2.58. The fourth-order valence-corrected chi connectivity index (χ4v) is 4.69. The lowest BCUT2D eigenvalue weighted by Crippen LogP contribution is -2.55. The van der Waals surface area contributed by atoms with E-state index >= 15 is 0 Å². The molecular weight excluding hydrogens is 312 g/mol. The summed E-state index contributed by atoms with van der Waals surface area (Å²) in [5.41, 5.74) is 7.63. The Hall–Kier alpha value is -1.71. The average molecular weight is 347 g/mol. The number of nitrogens with zero attached hydrogens (tertiary/aromatic N) is 1. The molecule has 0 radical (unpaired) electrons. The van der Waals surface area contributed by atoms with Crippen molar-refractivity contribution in [2.75, 3.05) is 11.4 Å². The van der Waals surface area contributed by atoms with Gasteiger partial charge in [0.1, 0.15) is 5.75 Å². The van der Waals surface area contributed by atoms with Gasteiger partial charge in [-0.05, 0) is 55.4 Å². The monoisotopic (exact) mass is 346 g/mol. The molecule has 1 amide bonds. The molecule has 0 aliphatic carbocycles. The number of benzene rings is 1. The molecule has 0 atom stereocenters. The second-order valence-electron chi connectivity index (χ2n) is 10.3. The van der Waals surface area contributed by atoms with Gasteiger partial charge in [0.15, 0.2) is 0 Å². The number of carbonyl (C=O) groups excluding carboxylic acids is 1. The lowest BCUT2D eigenvalue weighted by molar-refractivity contribution is 0.0635. The molecule has 1 aromatic rings. The quantitative estimate of drug-likeness (QED) is 0.770. The molecule has 1 aliphatic rings. The summed E-state index contributed by atoms with van der Waals surface area (Å²) in [5.74, 6) is 0.514. The molecule has 0 unspecified atom stereocenters. The van der Waals surface area contributed by atoms with Gasteiger partial charge in [0.2, 0.25) is 0 Å². The van der Waals surface area contributed by atoms with Crippen LogP contribution in [0.4, 0.5) is 10.5 Å². The number of hydrogen-bond acceptors (Lipinski definition) is 3. The van der Waals surface area contributed by atoms with Crippen LogP contribution >= 0.6 is 0 Å². The number of carbonyl (C=O) groups is 1. The number of primary amides is 1. The van der Waals surface area contributed by atoms with E-state index in [0.29, 0.717) is 5.75 Å². The second kappa shape index (κ2) is 5.65. The van der Waals surface area contributed by atoms with Crippen LogP contribution in [-0.2, 0) is 5.41 Å². The zero-order valence-electron chi connectivity index (χ0n) is 17.3. The van der Waals surface area contributed by atoms with Crippen LogP contribution in [0.5, 0.6) is 5.75 Å². The van der Waals surface area contributed by atoms with Crippen molar-refractivity contribution in [3.05, 3.63) is 23.8 Å².